The van der Waals surface area contributed by atoms with Gasteiger partial charge in [-0.3, -0.25) is 14.5 Å². The van der Waals surface area contributed by atoms with Crippen LogP contribution in [0.5, 0.6) is 5.75 Å². The fourth-order valence-corrected chi connectivity index (χ4v) is 1.72. The first-order valence-electron chi connectivity index (χ1n) is 4.42. The summed E-state index contributed by atoms with van der Waals surface area (Å²) in [6, 6.07) is 4.77. The molecule has 0 bridgehead atoms. The zero-order valence-electron chi connectivity index (χ0n) is 7.80. The lowest BCUT2D eigenvalue weighted by Crippen LogP contribution is -2.32. The second-order valence-electron chi connectivity index (χ2n) is 3.34. The predicted molar refractivity (Wildman–Crippen MR) is 51.8 cm³/mol. The highest BCUT2D eigenvalue weighted by Gasteiger charge is 2.30. The van der Waals surface area contributed by atoms with E-state index in [-0.39, 0.29) is 18.1 Å². The number of carbonyl (C=O) groups is 2. The van der Waals surface area contributed by atoms with Gasteiger partial charge in [0.25, 0.3) is 0 Å². The molecule has 1 aromatic rings. The Balaban J connectivity index is 2.44. The monoisotopic (exact) mass is 207 g/mol. The van der Waals surface area contributed by atoms with Crippen molar-refractivity contribution < 1.29 is 19.8 Å². The number of carbonyl (C=O) groups excluding carboxylic acids is 1. The molecule has 15 heavy (non-hydrogen) atoms. The van der Waals surface area contributed by atoms with Crippen LogP contribution in [0.3, 0.4) is 0 Å². The SMILES string of the molecule is O=C(O)CN1C(=O)Cc2cccc(O)c21. The van der Waals surface area contributed by atoms with Crippen molar-refractivity contribution in [2.24, 2.45) is 0 Å². The molecule has 78 valence electrons. The summed E-state index contributed by atoms with van der Waals surface area (Å²) in [4.78, 5) is 23.1. The molecule has 0 spiro atoms. The molecular weight excluding hydrogens is 198 g/mol. The first-order chi connectivity index (χ1) is 7.09. The van der Waals surface area contributed by atoms with E-state index in [1.807, 2.05) is 0 Å². The van der Waals surface area contributed by atoms with Crippen LogP contribution in [0.2, 0.25) is 0 Å². The number of benzene rings is 1. The van der Waals surface area contributed by atoms with Gasteiger partial charge in [-0.05, 0) is 11.6 Å². The average molecular weight is 207 g/mol. The summed E-state index contributed by atoms with van der Waals surface area (Å²) in [5.74, 6) is -1.45. The highest BCUT2D eigenvalue weighted by molar-refractivity contribution is 6.05. The fourth-order valence-electron chi connectivity index (χ4n) is 1.72. The lowest BCUT2D eigenvalue weighted by atomic mass is 10.1. The van der Waals surface area contributed by atoms with Crippen LogP contribution in [0, 0.1) is 0 Å². The van der Waals surface area contributed by atoms with Crippen LogP contribution in [-0.4, -0.2) is 28.6 Å². The van der Waals surface area contributed by atoms with E-state index in [0.29, 0.717) is 11.3 Å². The van der Waals surface area contributed by atoms with E-state index in [1.54, 1.807) is 12.1 Å². The molecule has 5 nitrogen and oxygen atoms in total. The lowest BCUT2D eigenvalue weighted by molar-refractivity contribution is -0.136. The number of aromatic hydroxyl groups is 1. The number of hydrogen-bond donors (Lipinski definition) is 2. The minimum atomic E-state index is -1.10. The van der Waals surface area contributed by atoms with Crippen LogP contribution >= 0.6 is 0 Å². The van der Waals surface area contributed by atoms with E-state index in [4.69, 9.17) is 5.11 Å². The maximum Gasteiger partial charge on any atom is 0.323 e. The van der Waals surface area contributed by atoms with Gasteiger partial charge in [0, 0.05) is 0 Å². The molecule has 0 unspecified atom stereocenters. The summed E-state index contributed by atoms with van der Waals surface area (Å²) in [6.07, 6.45) is 0.150. The molecule has 5 heteroatoms. The van der Waals surface area contributed by atoms with Gasteiger partial charge >= 0.3 is 5.97 Å². The predicted octanol–water partition coefficient (Wildman–Crippen LogP) is 0.366. The highest BCUT2D eigenvalue weighted by atomic mass is 16.4. The van der Waals surface area contributed by atoms with Crippen molar-refractivity contribution in [2.45, 2.75) is 6.42 Å². The van der Waals surface area contributed by atoms with Gasteiger partial charge < -0.3 is 10.2 Å². The van der Waals surface area contributed by atoms with Gasteiger partial charge in [-0.25, -0.2) is 0 Å². The van der Waals surface area contributed by atoms with Gasteiger partial charge in [-0.1, -0.05) is 12.1 Å². The van der Waals surface area contributed by atoms with Crippen molar-refractivity contribution in [3.8, 4) is 5.75 Å². The molecule has 1 heterocycles. The molecule has 0 atom stereocenters. The minimum Gasteiger partial charge on any atom is -0.506 e. The highest BCUT2D eigenvalue weighted by Crippen LogP contribution is 2.36. The molecule has 0 fully saturated rings. The van der Waals surface area contributed by atoms with E-state index < -0.39 is 12.5 Å². The van der Waals surface area contributed by atoms with E-state index in [1.165, 1.54) is 6.07 Å². The number of hydrogen-bond acceptors (Lipinski definition) is 3. The third kappa shape index (κ3) is 1.52. The summed E-state index contributed by atoms with van der Waals surface area (Å²) in [6.45, 7) is -0.413. The number of carboxylic acids is 1. The molecule has 1 amide bonds. The third-order valence-electron chi connectivity index (χ3n) is 2.30. The summed E-state index contributed by atoms with van der Waals surface area (Å²) in [7, 11) is 0. The summed E-state index contributed by atoms with van der Waals surface area (Å²) >= 11 is 0. The number of phenolic OH excluding ortho intramolecular Hbond substituents is 1. The van der Waals surface area contributed by atoms with Crippen molar-refractivity contribution in [3.63, 3.8) is 0 Å². The van der Waals surface area contributed by atoms with Crippen molar-refractivity contribution in [1.29, 1.82) is 0 Å². The molecule has 2 rings (SSSR count). The molecule has 1 aliphatic heterocycles. The molecule has 1 aliphatic rings. The van der Waals surface area contributed by atoms with Crippen LogP contribution in [-0.2, 0) is 16.0 Å². The zero-order chi connectivity index (χ0) is 11.0. The van der Waals surface area contributed by atoms with Crippen LogP contribution < -0.4 is 4.90 Å². The lowest BCUT2D eigenvalue weighted by Gasteiger charge is -2.15. The molecule has 2 N–H and O–H groups in total. The van der Waals surface area contributed by atoms with Gasteiger partial charge in [0.15, 0.2) is 0 Å². The first-order valence-corrected chi connectivity index (χ1v) is 4.42. The maximum atomic E-state index is 11.5. The van der Waals surface area contributed by atoms with Crippen LogP contribution in [0.1, 0.15) is 5.56 Å². The van der Waals surface area contributed by atoms with E-state index in [2.05, 4.69) is 0 Å². The van der Waals surface area contributed by atoms with Gasteiger partial charge in [-0.15, -0.1) is 0 Å². The standard InChI is InChI=1S/C10H9NO4/c12-7-3-1-2-6-4-8(13)11(10(6)7)5-9(14)15/h1-3,12H,4-5H2,(H,14,15). The quantitative estimate of drug-likeness (QED) is 0.734. The molecular formula is C10H9NO4. The van der Waals surface area contributed by atoms with E-state index in [0.717, 1.165) is 4.90 Å². The van der Waals surface area contributed by atoms with Crippen LogP contribution in [0.15, 0.2) is 18.2 Å². The largest absolute Gasteiger partial charge is 0.506 e. The minimum absolute atomic E-state index is 0.0559. The Morgan fingerprint density at radius 2 is 2.20 bits per heavy atom. The number of amides is 1. The average Bonchev–Trinajstić information content (AvgIpc) is 2.43. The topological polar surface area (TPSA) is 77.8 Å². The number of nitrogens with zero attached hydrogens (tertiary/aromatic N) is 1. The fraction of sp³-hybridized carbons (Fsp3) is 0.200. The first kappa shape index (κ1) is 9.51. The van der Waals surface area contributed by atoms with Crippen molar-refractivity contribution >= 4 is 17.6 Å². The Bertz CT molecular complexity index is 441. The van der Waals surface area contributed by atoms with Crippen LogP contribution in [0.25, 0.3) is 0 Å². The number of anilines is 1. The number of aliphatic carboxylic acids is 1. The Morgan fingerprint density at radius 3 is 2.87 bits per heavy atom. The molecule has 0 aromatic heterocycles. The maximum absolute atomic E-state index is 11.5. The Kier molecular flexibility index (Phi) is 2.07. The second kappa shape index (κ2) is 3.27. The van der Waals surface area contributed by atoms with Gasteiger partial charge in [0.05, 0.1) is 12.1 Å². The van der Waals surface area contributed by atoms with Crippen molar-refractivity contribution in [3.05, 3.63) is 23.8 Å². The summed E-state index contributed by atoms with van der Waals surface area (Å²) in [5, 5.41) is 18.2. The Hall–Kier alpha value is -2.04. The van der Waals surface area contributed by atoms with Crippen molar-refractivity contribution in [1.82, 2.24) is 0 Å². The normalized spacial score (nSPS) is 14.1. The van der Waals surface area contributed by atoms with E-state index in [9.17, 15) is 14.7 Å². The van der Waals surface area contributed by atoms with Gasteiger partial charge in [-0.2, -0.15) is 0 Å². The zero-order valence-corrected chi connectivity index (χ0v) is 7.80. The molecule has 0 radical (unpaired) electrons. The van der Waals surface area contributed by atoms with Gasteiger partial charge in [0.2, 0.25) is 5.91 Å². The smallest absolute Gasteiger partial charge is 0.323 e. The Morgan fingerprint density at radius 1 is 1.47 bits per heavy atom. The number of para-hydroxylation sites is 1. The summed E-state index contributed by atoms with van der Waals surface area (Å²) in [5.41, 5.74) is 0.992. The Labute approximate surface area is 85.6 Å². The van der Waals surface area contributed by atoms with E-state index >= 15 is 0 Å². The molecule has 0 saturated carbocycles. The third-order valence-corrected chi connectivity index (χ3v) is 2.30. The summed E-state index contributed by atoms with van der Waals surface area (Å²) < 4.78 is 0. The molecule has 1 aromatic carbocycles. The molecule has 0 saturated heterocycles. The number of carboxylic acid groups (broad SMARTS) is 1. The number of fused-ring (bicyclic) bond motifs is 1. The number of phenols is 1. The second-order valence-corrected chi connectivity index (χ2v) is 3.34. The molecule has 0 aliphatic carbocycles. The van der Waals surface area contributed by atoms with Crippen LogP contribution in [0.4, 0.5) is 5.69 Å². The van der Waals surface area contributed by atoms with Crippen molar-refractivity contribution in [2.75, 3.05) is 11.4 Å². The number of rotatable bonds is 2. The van der Waals surface area contributed by atoms with Gasteiger partial charge in [0.1, 0.15) is 12.3 Å².